The summed E-state index contributed by atoms with van der Waals surface area (Å²) in [4.78, 5) is 11.9. The Labute approximate surface area is 113 Å². The highest BCUT2D eigenvalue weighted by Crippen LogP contribution is 2.17. The fraction of sp³-hybridized carbons (Fsp3) is 0.133. The molecule has 0 fully saturated rings. The molecule has 2 nitrogen and oxygen atoms in total. The Morgan fingerprint density at radius 2 is 1.39 bits per heavy atom. The third kappa shape index (κ3) is 3.72. The minimum atomic E-state index is -1.08. The first-order valence-corrected chi connectivity index (χ1v) is 6.45. The second kappa shape index (κ2) is 7.69. The van der Waals surface area contributed by atoms with Crippen LogP contribution in [-0.2, 0) is 0 Å². The first-order chi connectivity index (χ1) is 8.79. The van der Waals surface area contributed by atoms with Gasteiger partial charge in [-0.25, -0.2) is 0 Å². The van der Waals surface area contributed by atoms with E-state index in [0.29, 0.717) is 11.1 Å². The Balaban J connectivity index is 0.000000771. The first-order valence-electron chi connectivity index (χ1n) is 5.56. The average molecular weight is 260 g/mol. The molecule has 0 bridgehead atoms. The number of rotatable bonds is 3. The quantitative estimate of drug-likeness (QED) is 0.657. The van der Waals surface area contributed by atoms with Gasteiger partial charge in [0.05, 0.1) is 0 Å². The molecule has 1 N–H and O–H groups in total. The van der Waals surface area contributed by atoms with Crippen LogP contribution in [0.5, 0.6) is 0 Å². The topological polar surface area (TPSA) is 37.3 Å². The maximum atomic E-state index is 11.9. The van der Waals surface area contributed by atoms with E-state index < -0.39 is 6.10 Å². The fourth-order valence-electron chi connectivity index (χ4n) is 1.55. The molecule has 0 amide bonds. The summed E-state index contributed by atoms with van der Waals surface area (Å²) in [6.07, 6.45) is 0.614. The van der Waals surface area contributed by atoms with E-state index in [0.717, 1.165) is 0 Å². The second-order valence-electron chi connectivity index (χ2n) is 3.54. The number of carbonyl (C=O) groups is 1. The van der Waals surface area contributed by atoms with E-state index in [1.807, 2.05) is 12.1 Å². The molecule has 2 aromatic carbocycles. The van der Waals surface area contributed by atoms with Crippen molar-refractivity contribution < 1.29 is 9.90 Å². The predicted octanol–water partition coefficient (Wildman–Crippen LogP) is 3.15. The molecule has 1 unspecified atom stereocenters. The molecule has 3 heteroatoms. The van der Waals surface area contributed by atoms with E-state index in [9.17, 15) is 9.90 Å². The summed E-state index contributed by atoms with van der Waals surface area (Å²) in [5, 5.41) is 9.89. The minimum absolute atomic E-state index is 0.271. The maximum Gasteiger partial charge on any atom is 0.195 e. The lowest BCUT2D eigenvalue weighted by molar-refractivity contribution is 0.0747. The summed E-state index contributed by atoms with van der Waals surface area (Å²) in [6, 6.07) is 17.7. The fourth-order valence-corrected chi connectivity index (χ4v) is 1.55. The smallest absolute Gasteiger partial charge is 0.195 e. The predicted molar refractivity (Wildman–Crippen MR) is 77.1 cm³/mol. The van der Waals surface area contributed by atoms with Crippen LogP contribution in [0.1, 0.15) is 22.0 Å². The second-order valence-corrected chi connectivity index (χ2v) is 3.54. The van der Waals surface area contributed by atoms with Gasteiger partial charge in [-0.05, 0) is 11.8 Å². The number of carbonyl (C=O) groups excluding carboxylic acids is 1. The monoisotopic (exact) mass is 260 g/mol. The summed E-state index contributed by atoms with van der Waals surface area (Å²) >= 11 is 3.53. The van der Waals surface area contributed by atoms with Crippen LogP contribution in [0.3, 0.4) is 0 Å². The number of aliphatic hydroxyl groups excluding tert-OH is 1. The van der Waals surface area contributed by atoms with Crippen molar-refractivity contribution in [3.05, 3.63) is 71.8 Å². The van der Waals surface area contributed by atoms with Crippen molar-refractivity contribution in [2.45, 2.75) is 6.10 Å². The van der Waals surface area contributed by atoms with E-state index >= 15 is 0 Å². The third-order valence-corrected chi connectivity index (χ3v) is 2.42. The van der Waals surface area contributed by atoms with Crippen molar-refractivity contribution in [3.8, 4) is 0 Å². The average Bonchev–Trinajstić information content (AvgIpc) is 2.49. The lowest BCUT2D eigenvalue weighted by Gasteiger charge is -2.09. The molecule has 18 heavy (non-hydrogen) atoms. The zero-order valence-electron chi connectivity index (χ0n) is 10.2. The minimum Gasteiger partial charge on any atom is -0.380 e. The van der Waals surface area contributed by atoms with Crippen molar-refractivity contribution in [1.82, 2.24) is 0 Å². The van der Waals surface area contributed by atoms with Crippen molar-refractivity contribution >= 4 is 18.4 Å². The number of hydrogen-bond acceptors (Lipinski definition) is 3. The summed E-state index contributed by atoms with van der Waals surface area (Å²) in [5.74, 6) is -0.271. The number of aliphatic hydroxyl groups is 1. The van der Waals surface area contributed by atoms with E-state index in [2.05, 4.69) is 12.6 Å². The lowest BCUT2D eigenvalue weighted by atomic mass is 10.0. The van der Waals surface area contributed by atoms with Crippen molar-refractivity contribution in [2.24, 2.45) is 0 Å². The van der Waals surface area contributed by atoms with Crippen LogP contribution in [0.25, 0.3) is 0 Å². The van der Waals surface area contributed by atoms with Gasteiger partial charge in [0.2, 0.25) is 0 Å². The highest BCUT2D eigenvalue weighted by atomic mass is 32.1. The van der Waals surface area contributed by atoms with Gasteiger partial charge in [0.25, 0.3) is 0 Å². The van der Waals surface area contributed by atoms with Crippen LogP contribution in [0, 0.1) is 0 Å². The zero-order chi connectivity index (χ0) is 13.4. The third-order valence-electron chi connectivity index (χ3n) is 2.42. The number of thiol groups is 1. The van der Waals surface area contributed by atoms with Crippen LogP contribution < -0.4 is 0 Å². The van der Waals surface area contributed by atoms with Gasteiger partial charge in [0.1, 0.15) is 6.10 Å². The van der Waals surface area contributed by atoms with Gasteiger partial charge >= 0.3 is 0 Å². The number of ketones is 1. The highest BCUT2D eigenvalue weighted by molar-refractivity contribution is 7.79. The van der Waals surface area contributed by atoms with Gasteiger partial charge in [0, 0.05) is 5.56 Å². The Morgan fingerprint density at radius 1 is 0.944 bits per heavy atom. The molecule has 2 aromatic rings. The van der Waals surface area contributed by atoms with Crippen molar-refractivity contribution in [2.75, 3.05) is 6.26 Å². The van der Waals surface area contributed by atoms with Gasteiger partial charge in [0.15, 0.2) is 5.78 Å². The Hall–Kier alpha value is -1.58. The van der Waals surface area contributed by atoms with Crippen molar-refractivity contribution in [1.29, 1.82) is 0 Å². The van der Waals surface area contributed by atoms with E-state index in [-0.39, 0.29) is 5.78 Å². The molecule has 0 aliphatic carbocycles. The number of hydrogen-bond donors (Lipinski definition) is 2. The first kappa shape index (κ1) is 14.5. The molecule has 0 spiro atoms. The molecular formula is C15H16O2S. The number of Topliss-reactive ketones (excluding diaryl/α,β-unsaturated/α-hetero) is 1. The molecule has 2 rings (SSSR count). The van der Waals surface area contributed by atoms with Crippen LogP contribution >= 0.6 is 12.6 Å². The molecule has 1 atom stereocenters. The Bertz CT molecular complexity index is 468. The summed E-state index contributed by atoms with van der Waals surface area (Å²) in [6.45, 7) is 0. The van der Waals surface area contributed by atoms with Crippen LogP contribution in [-0.4, -0.2) is 17.1 Å². The molecule has 0 heterocycles. The standard InChI is InChI=1S/C14H12O2.CH4S/c15-13(11-7-3-1-4-8-11)14(16)12-9-5-2-6-10-12;1-2/h1-10,13,15H;2H,1H3. The molecule has 0 aromatic heterocycles. The molecule has 0 radical (unpaired) electrons. The Morgan fingerprint density at radius 3 is 1.89 bits per heavy atom. The molecule has 94 valence electrons. The largest absolute Gasteiger partial charge is 0.380 e. The van der Waals surface area contributed by atoms with E-state index in [1.54, 1.807) is 54.8 Å². The van der Waals surface area contributed by atoms with Crippen LogP contribution in [0.15, 0.2) is 60.7 Å². The molecule has 0 saturated heterocycles. The van der Waals surface area contributed by atoms with Crippen molar-refractivity contribution in [3.63, 3.8) is 0 Å². The van der Waals surface area contributed by atoms with E-state index in [4.69, 9.17) is 0 Å². The lowest BCUT2D eigenvalue weighted by Crippen LogP contribution is -2.11. The molecule has 0 saturated carbocycles. The van der Waals surface area contributed by atoms with Gasteiger partial charge in [-0.2, -0.15) is 12.6 Å². The molecule has 0 aliphatic heterocycles. The molecular weight excluding hydrogens is 244 g/mol. The highest BCUT2D eigenvalue weighted by Gasteiger charge is 2.18. The van der Waals surface area contributed by atoms with Gasteiger partial charge < -0.3 is 5.11 Å². The zero-order valence-corrected chi connectivity index (χ0v) is 11.0. The summed E-state index contributed by atoms with van der Waals surface area (Å²) < 4.78 is 0. The van der Waals surface area contributed by atoms with Crippen LogP contribution in [0.2, 0.25) is 0 Å². The van der Waals surface area contributed by atoms with E-state index in [1.165, 1.54) is 0 Å². The van der Waals surface area contributed by atoms with Crippen LogP contribution in [0.4, 0.5) is 0 Å². The normalized spacial score (nSPS) is 11.1. The molecule has 0 aliphatic rings. The summed E-state index contributed by atoms with van der Waals surface area (Å²) in [7, 11) is 0. The summed E-state index contributed by atoms with van der Waals surface area (Å²) in [5.41, 5.74) is 1.15. The van der Waals surface area contributed by atoms with Gasteiger partial charge in [-0.1, -0.05) is 60.7 Å². The SMILES string of the molecule is CS.O=C(c1ccccc1)C(O)c1ccccc1. The number of benzene rings is 2. The van der Waals surface area contributed by atoms with Gasteiger partial charge in [-0.15, -0.1) is 0 Å². The van der Waals surface area contributed by atoms with Gasteiger partial charge in [-0.3, -0.25) is 4.79 Å². The maximum absolute atomic E-state index is 11.9. The Kier molecular flexibility index (Phi) is 6.19.